The highest BCUT2D eigenvalue weighted by Gasteiger charge is 2.34. The molecule has 23 heavy (non-hydrogen) atoms. The SMILES string of the molecule is C=C(C)C(C)(O)C(OCc1ccccc1)OCc1ccccc1. The van der Waals surface area contributed by atoms with Gasteiger partial charge >= 0.3 is 0 Å². The minimum atomic E-state index is -1.26. The zero-order valence-electron chi connectivity index (χ0n) is 13.7. The van der Waals surface area contributed by atoms with E-state index in [1.165, 1.54) is 0 Å². The molecule has 3 nitrogen and oxygen atoms in total. The van der Waals surface area contributed by atoms with Crippen molar-refractivity contribution in [2.75, 3.05) is 0 Å². The van der Waals surface area contributed by atoms with Crippen LogP contribution in [0.15, 0.2) is 72.8 Å². The molecule has 0 aromatic heterocycles. The molecule has 0 bridgehead atoms. The van der Waals surface area contributed by atoms with Crippen molar-refractivity contribution in [2.24, 2.45) is 0 Å². The van der Waals surface area contributed by atoms with Crippen LogP contribution in [0.4, 0.5) is 0 Å². The number of benzene rings is 2. The van der Waals surface area contributed by atoms with Crippen LogP contribution in [-0.2, 0) is 22.7 Å². The van der Waals surface area contributed by atoms with Crippen molar-refractivity contribution in [2.45, 2.75) is 39.0 Å². The summed E-state index contributed by atoms with van der Waals surface area (Å²) in [6, 6.07) is 19.6. The van der Waals surface area contributed by atoms with Crippen molar-refractivity contribution in [3.05, 3.63) is 83.9 Å². The standard InChI is InChI=1S/C20H24O3/c1-16(2)20(3,21)19(22-14-17-10-6-4-7-11-17)23-15-18-12-8-5-9-13-18/h4-13,19,21H,1,14-15H2,2-3H3. The smallest absolute Gasteiger partial charge is 0.190 e. The molecular weight excluding hydrogens is 288 g/mol. The van der Waals surface area contributed by atoms with Crippen molar-refractivity contribution >= 4 is 0 Å². The molecule has 1 N–H and O–H groups in total. The van der Waals surface area contributed by atoms with Crippen molar-refractivity contribution in [3.63, 3.8) is 0 Å². The fourth-order valence-electron chi connectivity index (χ4n) is 2.07. The first-order valence-electron chi connectivity index (χ1n) is 7.69. The highest BCUT2D eigenvalue weighted by atomic mass is 16.7. The molecule has 2 aromatic rings. The number of aliphatic hydroxyl groups is 1. The normalized spacial score (nSPS) is 13.7. The summed E-state index contributed by atoms with van der Waals surface area (Å²) < 4.78 is 11.7. The molecule has 0 aliphatic rings. The van der Waals surface area contributed by atoms with Crippen LogP contribution in [0.2, 0.25) is 0 Å². The van der Waals surface area contributed by atoms with E-state index in [4.69, 9.17) is 9.47 Å². The molecule has 0 heterocycles. The molecule has 2 rings (SSSR count). The topological polar surface area (TPSA) is 38.7 Å². The van der Waals surface area contributed by atoms with Crippen LogP contribution in [0.25, 0.3) is 0 Å². The summed E-state index contributed by atoms with van der Waals surface area (Å²) in [7, 11) is 0. The van der Waals surface area contributed by atoms with Gasteiger partial charge in [-0.3, -0.25) is 0 Å². The molecule has 3 heteroatoms. The van der Waals surface area contributed by atoms with E-state index in [2.05, 4.69) is 6.58 Å². The molecule has 0 spiro atoms. The Hall–Kier alpha value is -1.94. The van der Waals surface area contributed by atoms with Gasteiger partial charge in [0.1, 0.15) is 5.60 Å². The van der Waals surface area contributed by atoms with E-state index in [-0.39, 0.29) is 0 Å². The molecule has 0 saturated heterocycles. The van der Waals surface area contributed by atoms with E-state index >= 15 is 0 Å². The van der Waals surface area contributed by atoms with Crippen molar-refractivity contribution < 1.29 is 14.6 Å². The average molecular weight is 312 g/mol. The van der Waals surface area contributed by atoms with E-state index in [1.807, 2.05) is 60.7 Å². The maximum atomic E-state index is 10.7. The number of rotatable bonds is 8. The second-order valence-electron chi connectivity index (χ2n) is 5.85. The minimum absolute atomic E-state index is 0.365. The molecule has 0 radical (unpaired) electrons. The van der Waals surface area contributed by atoms with Crippen LogP contribution in [0.5, 0.6) is 0 Å². The third-order valence-electron chi connectivity index (χ3n) is 3.81. The van der Waals surface area contributed by atoms with Gasteiger partial charge in [-0.15, -0.1) is 0 Å². The van der Waals surface area contributed by atoms with Crippen LogP contribution >= 0.6 is 0 Å². The summed E-state index contributed by atoms with van der Waals surface area (Å²) in [6.07, 6.45) is -0.791. The van der Waals surface area contributed by atoms with Crippen LogP contribution < -0.4 is 0 Å². The lowest BCUT2D eigenvalue weighted by Crippen LogP contribution is -2.43. The first kappa shape index (κ1) is 17.4. The van der Waals surface area contributed by atoms with Gasteiger partial charge in [-0.1, -0.05) is 67.2 Å². The fraction of sp³-hybridized carbons (Fsp3) is 0.300. The molecule has 0 aliphatic heterocycles. The Kier molecular flexibility index (Phi) is 6.11. The van der Waals surface area contributed by atoms with Crippen LogP contribution in [-0.4, -0.2) is 17.0 Å². The first-order chi connectivity index (χ1) is 11.0. The Balaban J connectivity index is 2.04. The summed E-state index contributed by atoms with van der Waals surface area (Å²) in [5.74, 6) is 0. The van der Waals surface area contributed by atoms with Crippen molar-refractivity contribution in [1.29, 1.82) is 0 Å². The van der Waals surface area contributed by atoms with Gasteiger partial charge < -0.3 is 14.6 Å². The minimum Gasteiger partial charge on any atom is -0.380 e. The third kappa shape index (κ3) is 5.03. The lowest BCUT2D eigenvalue weighted by molar-refractivity contribution is -0.230. The van der Waals surface area contributed by atoms with E-state index in [0.29, 0.717) is 18.8 Å². The van der Waals surface area contributed by atoms with Gasteiger partial charge in [-0.05, 0) is 30.5 Å². The van der Waals surface area contributed by atoms with Crippen LogP contribution in [0.3, 0.4) is 0 Å². The number of ether oxygens (including phenoxy) is 2. The summed E-state index contributed by atoms with van der Waals surface area (Å²) >= 11 is 0. The van der Waals surface area contributed by atoms with E-state index in [1.54, 1.807) is 13.8 Å². The fourth-order valence-corrected chi connectivity index (χ4v) is 2.07. The highest BCUT2D eigenvalue weighted by Crippen LogP contribution is 2.24. The van der Waals surface area contributed by atoms with Gasteiger partial charge in [0.15, 0.2) is 6.29 Å². The van der Waals surface area contributed by atoms with Gasteiger partial charge in [0, 0.05) is 0 Å². The van der Waals surface area contributed by atoms with Crippen molar-refractivity contribution in [3.8, 4) is 0 Å². The Morgan fingerprint density at radius 2 is 1.35 bits per heavy atom. The molecular formula is C20H24O3. The van der Waals surface area contributed by atoms with E-state index < -0.39 is 11.9 Å². The quantitative estimate of drug-likeness (QED) is 0.590. The zero-order chi connectivity index (χ0) is 16.7. The zero-order valence-corrected chi connectivity index (χ0v) is 13.7. The molecule has 0 fully saturated rings. The molecule has 2 aromatic carbocycles. The Morgan fingerprint density at radius 3 is 1.70 bits per heavy atom. The van der Waals surface area contributed by atoms with Gasteiger partial charge in [0.2, 0.25) is 0 Å². The summed E-state index contributed by atoms with van der Waals surface area (Å²) in [5.41, 5.74) is 1.39. The molecule has 0 amide bonds. The Labute approximate surface area is 138 Å². The summed E-state index contributed by atoms with van der Waals surface area (Å²) in [5, 5.41) is 10.7. The van der Waals surface area contributed by atoms with Crippen molar-refractivity contribution in [1.82, 2.24) is 0 Å². The number of hydrogen-bond donors (Lipinski definition) is 1. The maximum absolute atomic E-state index is 10.7. The van der Waals surface area contributed by atoms with Crippen LogP contribution in [0, 0.1) is 0 Å². The number of hydrogen-bond acceptors (Lipinski definition) is 3. The third-order valence-corrected chi connectivity index (χ3v) is 3.81. The Morgan fingerprint density at radius 1 is 0.957 bits per heavy atom. The van der Waals surface area contributed by atoms with Gasteiger partial charge in [-0.25, -0.2) is 0 Å². The second-order valence-corrected chi connectivity index (χ2v) is 5.85. The van der Waals surface area contributed by atoms with Gasteiger partial charge in [0.05, 0.1) is 13.2 Å². The molecule has 0 aliphatic carbocycles. The largest absolute Gasteiger partial charge is 0.380 e. The highest BCUT2D eigenvalue weighted by molar-refractivity contribution is 5.15. The molecule has 1 unspecified atom stereocenters. The second kappa shape index (κ2) is 8.06. The first-order valence-corrected chi connectivity index (χ1v) is 7.69. The molecule has 0 saturated carbocycles. The average Bonchev–Trinajstić information content (AvgIpc) is 2.56. The van der Waals surface area contributed by atoms with E-state index in [9.17, 15) is 5.11 Å². The predicted molar refractivity (Wildman–Crippen MR) is 91.7 cm³/mol. The summed E-state index contributed by atoms with van der Waals surface area (Å²) in [4.78, 5) is 0. The predicted octanol–water partition coefficient (Wildman–Crippen LogP) is 4.07. The van der Waals surface area contributed by atoms with E-state index in [0.717, 1.165) is 11.1 Å². The lowest BCUT2D eigenvalue weighted by Gasteiger charge is -2.33. The van der Waals surface area contributed by atoms with Gasteiger partial charge in [0.25, 0.3) is 0 Å². The molecule has 1 atom stereocenters. The monoisotopic (exact) mass is 312 g/mol. The van der Waals surface area contributed by atoms with Gasteiger partial charge in [-0.2, -0.15) is 0 Å². The lowest BCUT2D eigenvalue weighted by atomic mass is 9.98. The summed E-state index contributed by atoms with van der Waals surface area (Å²) in [6.45, 7) is 8.01. The van der Waals surface area contributed by atoms with Crippen LogP contribution in [0.1, 0.15) is 25.0 Å². The Bertz CT molecular complexity index is 562. The maximum Gasteiger partial charge on any atom is 0.190 e. The molecule has 122 valence electrons.